The third-order valence-corrected chi connectivity index (χ3v) is 6.58. The van der Waals surface area contributed by atoms with Crippen molar-refractivity contribution in [2.24, 2.45) is 0 Å². The summed E-state index contributed by atoms with van der Waals surface area (Å²) < 4.78 is 32.2. The van der Waals surface area contributed by atoms with Crippen LogP contribution in [0.2, 0.25) is 0 Å². The van der Waals surface area contributed by atoms with Gasteiger partial charge in [-0.05, 0) is 40.6 Å². The minimum atomic E-state index is -3.96. The van der Waals surface area contributed by atoms with Crippen LogP contribution in [-0.4, -0.2) is 8.42 Å². The highest BCUT2D eigenvalue weighted by molar-refractivity contribution is 7.95. The van der Waals surface area contributed by atoms with E-state index in [0.717, 1.165) is 16.3 Å². The monoisotopic (exact) mass is 425 g/mol. The molecule has 0 aliphatic heterocycles. The molecular formula is C26H19NO3S. The maximum atomic E-state index is 13.1. The van der Waals surface area contributed by atoms with E-state index in [1.54, 1.807) is 24.3 Å². The van der Waals surface area contributed by atoms with Crippen molar-refractivity contribution in [1.82, 2.24) is 0 Å². The molecule has 0 saturated carbocycles. The average Bonchev–Trinajstić information content (AvgIpc) is 2.82. The van der Waals surface area contributed by atoms with Crippen LogP contribution in [0.5, 0.6) is 5.75 Å². The molecule has 0 amide bonds. The van der Waals surface area contributed by atoms with Gasteiger partial charge in [0.15, 0.2) is 0 Å². The first-order valence-corrected chi connectivity index (χ1v) is 11.2. The predicted octanol–water partition coefficient (Wildman–Crippen LogP) is 5.76. The molecule has 0 N–H and O–H groups in total. The molecule has 0 fully saturated rings. The fourth-order valence-corrected chi connectivity index (χ4v) is 4.48. The van der Waals surface area contributed by atoms with E-state index in [0.29, 0.717) is 17.9 Å². The number of sulfone groups is 1. The lowest BCUT2D eigenvalue weighted by Crippen LogP contribution is -2.04. The first-order valence-electron chi connectivity index (χ1n) is 9.70. The molecule has 4 aromatic carbocycles. The van der Waals surface area contributed by atoms with E-state index in [4.69, 9.17) is 4.74 Å². The first-order chi connectivity index (χ1) is 15.1. The van der Waals surface area contributed by atoms with E-state index >= 15 is 0 Å². The van der Waals surface area contributed by atoms with Gasteiger partial charge in [-0.2, -0.15) is 5.26 Å². The summed E-state index contributed by atoms with van der Waals surface area (Å²) in [5.74, 6) is 0.513. The van der Waals surface area contributed by atoms with Crippen LogP contribution in [0.1, 0.15) is 11.1 Å². The first kappa shape index (κ1) is 20.4. The second-order valence-electron chi connectivity index (χ2n) is 6.91. The van der Waals surface area contributed by atoms with Gasteiger partial charge in [0.25, 0.3) is 0 Å². The lowest BCUT2D eigenvalue weighted by atomic mass is 10.0. The summed E-state index contributed by atoms with van der Waals surface area (Å²) in [7, 11) is -3.96. The maximum absolute atomic E-state index is 13.1. The van der Waals surface area contributed by atoms with Crippen LogP contribution in [-0.2, 0) is 16.4 Å². The van der Waals surface area contributed by atoms with Gasteiger partial charge in [-0.3, -0.25) is 0 Å². The van der Waals surface area contributed by atoms with Crippen molar-refractivity contribution in [3.63, 3.8) is 0 Å². The summed E-state index contributed by atoms with van der Waals surface area (Å²) in [5, 5.41) is 11.5. The minimum absolute atomic E-state index is 0.0785. The Hall–Kier alpha value is -3.88. The summed E-state index contributed by atoms with van der Waals surface area (Å²) in [6.07, 6.45) is 1.41. The zero-order valence-electron chi connectivity index (χ0n) is 16.6. The minimum Gasteiger partial charge on any atom is -0.488 e. The van der Waals surface area contributed by atoms with Crippen molar-refractivity contribution in [3.05, 3.63) is 113 Å². The van der Waals surface area contributed by atoms with Crippen molar-refractivity contribution in [3.8, 4) is 11.8 Å². The van der Waals surface area contributed by atoms with E-state index < -0.39 is 9.84 Å². The summed E-state index contributed by atoms with van der Waals surface area (Å²) in [6, 6.07) is 30.9. The molecule has 0 spiro atoms. The molecule has 31 heavy (non-hydrogen) atoms. The van der Waals surface area contributed by atoms with Crippen molar-refractivity contribution >= 4 is 26.7 Å². The van der Waals surface area contributed by atoms with E-state index in [1.165, 1.54) is 18.2 Å². The Morgan fingerprint density at radius 2 is 1.48 bits per heavy atom. The van der Waals surface area contributed by atoms with Gasteiger partial charge in [0.05, 0.1) is 4.90 Å². The second-order valence-corrected chi connectivity index (χ2v) is 8.83. The van der Waals surface area contributed by atoms with E-state index in [2.05, 4.69) is 0 Å². The third-order valence-electron chi connectivity index (χ3n) is 4.90. The fraction of sp³-hybridized carbons (Fsp3) is 0.0385. The largest absolute Gasteiger partial charge is 0.488 e. The molecule has 0 atom stereocenters. The van der Waals surface area contributed by atoms with E-state index in [9.17, 15) is 13.7 Å². The highest BCUT2D eigenvalue weighted by atomic mass is 32.2. The van der Waals surface area contributed by atoms with Crippen molar-refractivity contribution < 1.29 is 13.2 Å². The number of benzene rings is 4. The molecular weight excluding hydrogens is 406 g/mol. The number of nitrogens with zero attached hydrogens (tertiary/aromatic N) is 1. The number of ether oxygens (including phenoxy) is 1. The standard InChI is InChI=1S/C26H19NO3S/c27-18-23(31(28,29)22-12-5-2-6-13-22)17-25-24-14-8-7-11-21(24)15-16-26(25)30-19-20-9-3-1-4-10-20/h1-17H,19H2/b23-17+. The molecule has 0 radical (unpaired) electrons. The molecule has 152 valence electrons. The number of hydrogen-bond acceptors (Lipinski definition) is 4. The molecule has 0 aromatic heterocycles. The van der Waals surface area contributed by atoms with Crippen LogP contribution < -0.4 is 4.74 Å². The van der Waals surface area contributed by atoms with Gasteiger partial charge < -0.3 is 4.74 Å². The molecule has 0 bridgehead atoms. The highest BCUT2D eigenvalue weighted by Gasteiger charge is 2.21. The van der Waals surface area contributed by atoms with Gasteiger partial charge in [0, 0.05) is 5.56 Å². The molecule has 4 aromatic rings. The fourth-order valence-electron chi connectivity index (χ4n) is 3.31. The summed E-state index contributed by atoms with van der Waals surface area (Å²) in [5.41, 5.74) is 1.55. The number of hydrogen-bond donors (Lipinski definition) is 0. The lowest BCUT2D eigenvalue weighted by molar-refractivity contribution is 0.306. The van der Waals surface area contributed by atoms with E-state index in [1.807, 2.05) is 66.7 Å². The Kier molecular flexibility index (Phi) is 5.83. The molecule has 0 saturated heterocycles. The molecule has 0 heterocycles. The number of fused-ring (bicyclic) bond motifs is 1. The highest BCUT2D eigenvalue weighted by Crippen LogP contribution is 2.32. The smallest absolute Gasteiger partial charge is 0.216 e. The zero-order valence-corrected chi connectivity index (χ0v) is 17.4. The normalized spacial score (nSPS) is 11.8. The van der Waals surface area contributed by atoms with Gasteiger partial charge in [-0.15, -0.1) is 0 Å². The van der Waals surface area contributed by atoms with Gasteiger partial charge in [-0.1, -0.05) is 78.9 Å². The Balaban J connectivity index is 1.83. The van der Waals surface area contributed by atoms with Gasteiger partial charge in [0.2, 0.25) is 9.84 Å². The predicted molar refractivity (Wildman–Crippen MR) is 122 cm³/mol. The van der Waals surface area contributed by atoms with E-state index in [-0.39, 0.29) is 9.80 Å². The average molecular weight is 426 g/mol. The molecule has 0 unspecified atom stereocenters. The quantitative estimate of drug-likeness (QED) is 0.369. The number of allylic oxidation sites excluding steroid dienone is 1. The van der Waals surface area contributed by atoms with Crippen LogP contribution in [0.3, 0.4) is 0 Å². The molecule has 4 nitrogen and oxygen atoms in total. The van der Waals surface area contributed by atoms with Crippen molar-refractivity contribution in [1.29, 1.82) is 5.26 Å². The van der Waals surface area contributed by atoms with Gasteiger partial charge in [-0.25, -0.2) is 8.42 Å². The Morgan fingerprint density at radius 3 is 2.19 bits per heavy atom. The van der Waals surface area contributed by atoms with Crippen LogP contribution >= 0.6 is 0 Å². The number of rotatable bonds is 6. The molecule has 4 rings (SSSR count). The molecule has 0 aliphatic carbocycles. The lowest BCUT2D eigenvalue weighted by Gasteiger charge is -2.13. The van der Waals surface area contributed by atoms with Crippen LogP contribution in [0, 0.1) is 11.3 Å². The summed E-state index contributed by atoms with van der Waals surface area (Å²) in [4.78, 5) is -0.255. The SMILES string of the molecule is N#C/C(=C\c1c(OCc2ccccc2)ccc2ccccc12)S(=O)(=O)c1ccccc1. The topological polar surface area (TPSA) is 67.2 Å². The molecule has 5 heteroatoms. The summed E-state index contributed by atoms with van der Waals surface area (Å²) >= 11 is 0. The molecule has 0 aliphatic rings. The Morgan fingerprint density at radius 1 is 0.839 bits per heavy atom. The van der Waals surface area contributed by atoms with Crippen LogP contribution in [0.15, 0.2) is 107 Å². The van der Waals surface area contributed by atoms with Crippen LogP contribution in [0.4, 0.5) is 0 Å². The van der Waals surface area contributed by atoms with Gasteiger partial charge >= 0.3 is 0 Å². The maximum Gasteiger partial charge on any atom is 0.216 e. The van der Waals surface area contributed by atoms with Crippen molar-refractivity contribution in [2.45, 2.75) is 11.5 Å². The number of nitriles is 1. The van der Waals surface area contributed by atoms with Crippen LogP contribution in [0.25, 0.3) is 16.8 Å². The Bertz CT molecular complexity index is 1390. The van der Waals surface area contributed by atoms with Crippen molar-refractivity contribution in [2.75, 3.05) is 0 Å². The van der Waals surface area contributed by atoms with Gasteiger partial charge in [0.1, 0.15) is 23.3 Å². The zero-order chi connectivity index (χ0) is 21.7. The second kappa shape index (κ2) is 8.86. The summed E-state index contributed by atoms with van der Waals surface area (Å²) in [6.45, 7) is 0.327. The Labute approximate surface area is 181 Å². The third kappa shape index (κ3) is 4.35.